The monoisotopic (exact) mass is 254 g/mol. The van der Waals surface area contributed by atoms with E-state index in [0.717, 1.165) is 12.1 Å². The van der Waals surface area contributed by atoms with E-state index in [0.29, 0.717) is 12.1 Å². The lowest BCUT2D eigenvalue weighted by Crippen LogP contribution is -2.08. The standard InChI is InChI=1S/C13H6F4O/c14-8-3-1-2-7(4-8)13(18)12-10(16)5-9(15)6-11(12)17/h1-6H. The van der Waals surface area contributed by atoms with Gasteiger partial charge in [0.2, 0.25) is 0 Å². The molecule has 18 heavy (non-hydrogen) atoms. The average molecular weight is 254 g/mol. The van der Waals surface area contributed by atoms with E-state index >= 15 is 0 Å². The Kier molecular flexibility index (Phi) is 3.14. The molecular weight excluding hydrogens is 248 g/mol. The van der Waals surface area contributed by atoms with Crippen molar-refractivity contribution in [2.45, 2.75) is 0 Å². The number of rotatable bonds is 2. The van der Waals surface area contributed by atoms with Crippen LogP contribution in [0, 0.1) is 23.3 Å². The Balaban J connectivity index is 2.53. The van der Waals surface area contributed by atoms with E-state index in [4.69, 9.17) is 0 Å². The normalized spacial score (nSPS) is 10.4. The smallest absolute Gasteiger partial charge is 0.199 e. The molecule has 2 rings (SSSR count). The molecule has 2 aromatic rings. The second-order valence-electron chi connectivity index (χ2n) is 3.58. The van der Waals surface area contributed by atoms with Gasteiger partial charge in [-0.15, -0.1) is 0 Å². The van der Waals surface area contributed by atoms with Crippen LogP contribution in [0.5, 0.6) is 0 Å². The van der Waals surface area contributed by atoms with Crippen molar-refractivity contribution in [3.8, 4) is 0 Å². The first-order valence-electron chi connectivity index (χ1n) is 4.94. The topological polar surface area (TPSA) is 17.1 Å². The van der Waals surface area contributed by atoms with Crippen molar-refractivity contribution in [2.24, 2.45) is 0 Å². The minimum Gasteiger partial charge on any atom is -0.288 e. The maximum Gasteiger partial charge on any atom is 0.199 e. The number of hydrogen-bond acceptors (Lipinski definition) is 1. The summed E-state index contributed by atoms with van der Waals surface area (Å²) in [7, 11) is 0. The van der Waals surface area contributed by atoms with E-state index < -0.39 is 34.6 Å². The Hall–Kier alpha value is -2.17. The van der Waals surface area contributed by atoms with Gasteiger partial charge in [0.1, 0.15) is 23.3 Å². The number of hydrogen-bond donors (Lipinski definition) is 0. The molecule has 0 aliphatic rings. The van der Waals surface area contributed by atoms with Gasteiger partial charge >= 0.3 is 0 Å². The van der Waals surface area contributed by atoms with Crippen molar-refractivity contribution in [3.05, 3.63) is 70.8 Å². The molecule has 0 aliphatic heterocycles. The molecule has 0 saturated heterocycles. The lowest BCUT2D eigenvalue weighted by atomic mass is 10.0. The van der Waals surface area contributed by atoms with Crippen LogP contribution in [-0.2, 0) is 0 Å². The van der Waals surface area contributed by atoms with E-state index in [9.17, 15) is 22.4 Å². The average Bonchev–Trinajstić information content (AvgIpc) is 2.27. The fourth-order valence-electron chi connectivity index (χ4n) is 1.53. The molecule has 0 radical (unpaired) electrons. The molecule has 2 aromatic carbocycles. The number of ketones is 1. The molecule has 0 bridgehead atoms. The van der Waals surface area contributed by atoms with Crippen LogP contribution in [-0.4, -0.2) is 5.78 Å². The van der Waals surface area contributed by atoms with Crippen molar-refractivity contribution >= 4 is 5.78 Å². The SMILES string of the molecule is O=C(c1cccc(F)c1)c1c(F)cc(F)cc1F. The van der Waals surface area contributed by atoms with Crippen molar-refractivity contribution in [3.63, 3.8) is 0 Å². The zero-order valence-electron chi connectivity index (χ0n) is 8.88. The van der Waals surface area contributed by atoms with Crippen molar-refractivity contribution < 1.29 is 22.4 Å². The van der Waals surface area contributed by atoms with Crippen LogP contribution in [0.4, 0.5) is 17.6 Å². The van der Waals surface area contributed by atoms with Gasteiger partial charge in [0.05, 0.1) is 5.56 Å². The van der Waals surface area contributed by atoms with Gasteiger partial charge in [0, 0.05) is 17.7 Å². The van der Waals surface area contributed by atoms with Crippen LogP contribution >= 0.6 is 0 Å². The minimum absolute atomic E-state index is 0.209. The molecule has 0 fully saturated rings. The van der Waals surface area contributed by atoms with Crippen molar-refractivity contribution in [1.82, 2.24) is 0 Å². The highest BCUT2D eigenvalue weighted by Gasteiger charge is 2.20. The second kappa shape index (κ2) is 4.60. The van der Waals surface area contributed by atoms with Gasteiger partial charge in [-0.2, -0.15) is 0 Å². The third-order valence-electron chi connectivity index (χ3n) is 2.32. The fraction of sp³-hybridized carbons (Fsp3) is 0. The third kappa shape index (κ3) is 2.25. The van der Waals surface area contributed by atoms with Crippen LogP contribution in [0.2, 0.25) is 0 Å². The molecule has 0 amide bonds. The Bertz CT molecular complexity index is 599. The van der Waals surface area contributed by atoms with E-state index in [2.05, 4.69) is 0 Å². The first kappa shape index (κ1) is 12.3. The molecule has 1 nitrogen and oxygen atoms in total. The molecule has 0 atom stereocenters. The Labute approximate surface area is 99.7 Å². The Morgan fingerprint density at radius 2 is 1.44 bits per heavy atom. The van der Waals surface area contributed by atoms with Crippen LogP contribution in [0.1, 0.15) is 15.9 Å². The fourth-order valence-corrected chi connectivity index (χ4v) is 1.53. The number of carbonyl (C=O) groups excluding carboxylic acids is 1. The van der Waals surface area contributed by atoms with Gasteiger partial charge in [-0.1, -0.05) is 12.1 Å². The predicted molar refractivity (Wildman–Crippen MR) is 56.1 cm³/mol. The van der Waals surface area contributed by atoms with Crippen LogP contribution in [0.3, 0.4) is 0 Å². The first-order chi connectivity index (χ1) is 8.49. The molecule has 5 heteroatoms. The summed E-state index contributed by atoms with van der Waals surface area (Å²) in [5.74, 6) is -5.50. The first-order valence-corrected chi connectivity index (χ1v) is 4.94. The molecule has 0 spiro atoms. The summed E-state index contributed by atoms with van der Waals surface area (Å²) in [6.07, 6.45) is 0. The van der Waals surface area contributed by atoms with Gasteiger partial charge < -0.3 is 0 Å². The Morgan fingerprint density at radius 1 is 0.833 bits per heavy atom. The minimum atomic E-state index is -1.32. The molecular formula is C13H6F4O. The predicted octanol–water partition coefficient (Wildman–Crippen LogP) is 3.47. The summed E-state index contributed by atoms with van der Waals surface area (Å²) in [5, 5.41) is 0. The van der Waals surface area contributed by atoms with E-state index in [-0.39, 0.29) is 5.56 Å². The van der Waals surface area contributed by atoms with Crippen molar-refractivity contribution in [1.29, 1.82) is 0 Å². The van der Waals surface area contributed by atoms with Crippen LogP contribution < -0.4 is 0 Å². The maximum absolute atomic E-state index is 13.4. The van der Waals surface area contributed by atoms with E-state index in [1.165, 1.54) is 12.1 Å². The molecule has 0 aliphatic carbocycles. The maximum atomic E-state index is 13.4. The summed E-state index contributed by atoms with van der Waals surface area (Å²) in [4.78, 5) is 11.8. The highest BCUT2D eigenvalue weighted by atomic mass is 19.1. The lowest BCUT2D eigenvalue weighted by Gasteiger charge is -2.04. The molecule has 0 heterocycles. The molecule has 92 valence electrons. The highest BCUT2D eigenvalue weighted by Crippen LogP contribution is 2.19. The largest absolute Gasteiger partial charge is 0.288 e. The summed E-state index contributed by atoms with van der Waals surface area (Å²) in [6.45, 7) is 0. The summed E-state index contributed by atoms with van der Waals surface area (Å²) < 4.78 is 52.3. The quantitative estimate of drug-likeness (QED) is 0.592. The number of benzene rings is 2. The van der Waals surface area contributed by atoms with Crippen LogP contribution in [0.15, 0.2) is 36.4 Å². The zero-order chi connectivity index (χ0) is 13.3. The lowest BCUT2D eigenvalue weighted by molar-refractivity contribution is 0.103. The summed E-state index contributed by atoms with van der Waals surface area (Å²) in [6, 6.07) is 5.19. The van der Waals surface area contributed by atoms with Gasteiger partial charge in [0.15, 0.2) is 5.78 Å². The number of carbonyl (C=O) groups is 1. The van der Waals surface area contributed by atoms with Gasteiger partial charge in [-0.05, 0) is 12.1 Å². The van der Waals surface area contributed by atoms with Gasteiger partial charge in [-0.3, -0.25) is 4.79 Å². The molecule has 0 aromatic heterocycles. The zero-order valence-corrected chi connectivity index (χ0v) is 8.88. The van der Waals surface area contributed by atoms with E-state index in [1.54, 1.807) is 0 Å². The Morgan fingerprint density at radius 3 is 2.00 bits per heavy atom. The second-order valence-corrected chi connectivity index (χ2v) is 3.58. The molecule has 0 N–H and O–H groups in total. The van der Waals surface area contributed by atoms with Gasteiger partial charge in [-0.25, -0.2) is 17.6 Å². The molecule has 0 unspecified atom stereocenters. The van der Waals surface area contributed by atoms with Crippen molar-refractivity contribution in [2.75, 3.05) is 0 Å². The third-order valence-corrected chi connectivity index (χ3v) is 2.32. The van der Waals surface area contributed by atoms with E-state index in [1.807, 2.05) is 0 Å². The molecule has 0 saturated carbocycles. The van der Waals surface area contributed by atoms with Crippen LogP contribution in [0.25, 0.3) is 0 Å². The summed E-state index contributed by atoms with van der Waals surface area (Å²) >= 11 is 0. The summed E-state index contributed by atoms with van der Waals surface area (Å²) in [5.41, 5.74) is -1.11. The highest BCUT2D eigenvalue weighted by molar-refractivity contribution is 6.09. The van der Waals surface area contributed by atoms with Gasteiger partial charge in [0.25, 0.3) is 0 Å². The number of halogens is 4.